The first-order chi connectivity index (χ1) is 24.4. The van der Waals surface area contributed by atoms with E-state index in [0.717, 1.165) is 43.9 Å². The van der Waals surface area contributed by atoms with Gasteiger partial charge in [-0.15, -0.1) is 0 Å². The van der Waals surface area contributed by atoms with E-state index < -0.39 is 0 Å². The fraction of sp³-hybridized carbons (Fsp3) is 0.146. The highest BCUT2D eigenvalue weighted by molar-refractivity contribution is 6.13. The third-order valence-corrected chi connectivity index (χ3v) is 11.2. The van der Waals surface area contributed by atoms with E-state index in [4.69, 9.17) is 24.9 Å². The van der Waals surface area contributed by atoms with Gasteiger partial charge in [0.25, 0.3) is 0 Å². The van der Waals surface area contributed by atoms with Crippen LogP contribution in [0.15, 0.2) is 104 Å². The fourth-order valence-corrected chi connectivity index (χ4v) is 9.12. The zero-order chi connectivity index (χ0) is 33.5. The van der Waals surface area contributed by atoms with Crippen LogP contribution in [0, 0.1) is 0 Å². The van der Waals surface area contributed by atoms with Crippen molar-refractivity contribution in [2.45, 2.75) is 38.5 Å². The molecule has 9 heteroatoms. The molecule has 0 unspecified atom stereocenters. The van der Waals surface area contributed by atoms with Crippen molar-refractivity contribution >= 4 is 43.9 Å². The first-order valence-electron chi connectivity index (χ1n) is 16.8. The summed E-state index contributed by atoms with van der Waals surface area (Å²) in [5.41, 5.74) is 15.0. The summed E-state index contributed by atoms with van der Waals surface area (Å²) in [5, 5.41) is 2.18. The Bertz CT molecular complexity index is 2750. The molecule has 4 aromatic carbocycles. The summed E-state index contributed by atoms with van der Waals surface area (Å²) in [4.78, 5) is 33.4. The molecule has 9 aromatic rings. The minimum atomic E-state index is -0.226. The number of hydrogen-bond donors (Lipinski definition) is 0. The molecule has 0 fully saturated rings. The van der Waals surface area contributed by atoms with E-state index >= 15 is 0 Å². The average molecular weight is 648 g/mol. The summed E-state index contributed by atoms with van der Waals surface area (Å²) in [6.45, 7) is 9.18. The minimum Gasteiger partial charge on any atom is -0.275 e. The lowest BCUT2D eigenvalue weighted by Gasteiger charge is -2.22. The van der Waals surface area contributed by atoms with Gasteiger partial charge in [0.2, 0.25) is 11.9 Å². The molecule has 0 N–H and O–H groups in total. The summed E-state index contributed by atoms with van der Waals surface area (Å²) in [6, 6.07) is 26.1. The van der Waals surface area contributed by atoms with Crippen molar-refractivity contribution in [3.8, 4) is 34.2 Å². The van der Waals surface area contributed by atoms with Crippen LogP contribution in [0.25, 0.3) is 78.0 Å². The Morgan fingerprint density at radius 3 is 1.40 bits per heavy atom. The molecule has 0 saturated heterocycles. The number of benzene rings is 4. The molecule has 0 atom stereocenters. The molecule has 50 heavy (non-hydrogen) atoms. The van der Waals surface area contributed by atoms with E-state index in [0.29, 0.717) is 11.9 Å². The first-order valence-corrected chi connectivity index (χ1v) is 16.8. The lowest BCUT2D eigenvalue weighted by molar-refractivity contribution is 0.666. The molecule has 0 bridgehead atoms. The van der Waals surface area contributed by atoms with Gasteiger partial charge in [0.05, 0.1) is 34.5 Å². The molecule has 0 amide bonds. The van der Waals surface area contributed by atoms with Crippen molar-refractivity contribution in [1.82, 2.24) is 44.0 Å². The standard InChI is InChI=1S/C41H29N9/c1-40(2)26-11-7-5-9-22(26)24-13-15-28-32(34(24)40)36-30(17-42-19-44-36)49(28)38-46-21-47-39(48-38)50-29-16-14-25-23-10-6-8-12-27(23)41(3,4)35(25)33(29)37-31(50)18-43-20-45-37/h5-21H,1-4H3. The van der Waals surface area contributed by atoms with E-state index in [1.54, 1.807) is 19.0 Å². The number of nitrogens with zero attached hydrogens (tertiary/aromatic N) is 9. The quantitative estimate of drug-likeness (QED) is 0.186. The van der Waals surface area contributed by atoms with Gasteiger partial charge in [0.1, 0.15) is 30.0 Å². The van der Waals surface area contributed by atoms with E-state index in [1.165, 1.54) is 44.5 Å². The van der Waals surface area contributed by atoms with Gasteiger partial charge in [-0.3, -0.25) is 9.13 Å². The number of hydrogen-bond acceptors (Lipinski definition) is 7. The van der Waals surface area contributed by atoms with Crippen LogP contribution in [0.2, 0.25) is 0 Å². The van der Waals surface area contributed by atoms with Crippen molar-refractivity contribution < 1.29 is 0 Å². The molecule has 5 aromatic heterocycles. The maximum Gasteiger partial charge on any atom is 0.239 e. The Morgan fingerprint density at radius 2 is 0.920 bits per heavy atom. The highest BCUT2D eigenvalue weighted by Crippen LogP contribution is 2.54. The van der Waals surface area contributed by atoms with Crippen LogP contribution in [-0.4, -0.2) is 44.0 Å². The second kappa shape index (κ2) is 9.21. The molecule has 238 valence electrons. The molecule has 11 rings (SSSR count). The van der Waals surface area contributed by atoms with Crippen LogP contribution in [0.5, 0.6) is 0 Å². The van der Waals surface area contributed by atoms with Crippen LogP contribution in [0.3, 0.4) is 0 Å². The SMILES string of the molecule is CC1(C)c2ccccc2-c2ccc3c(c21)c1ncncc1n3-c1ncnc(-n2c3cncnc3c3c4c(ccc32)-c2ccccc2C4(C)C)n1. The van der Waals surface area contributed by atoms with Crippen LogP contribution in [0.4, 0.5) is 0 Å². The van der Waals surface area contributed by atoms with E-state index in [1.807, 2.05) is 12.4 Å². The maximum absolute atomic E-state index is 5.19. The summed E-state index contributed by atoms with van der Waals surface area (Å²) < 4.78 is 4.13. The van der Waals surface area contributed by atoms with Crippen molar-refractivity contribution in [2.24, 2.45) is 0 Å². The molecule has 9 nitrogen and oxygen atoms in total. The highest BCUT2D eigenvalue weighted by atomic mass is 15.3. The molecule has 2 aliphatic carbocycles. The Kier molecular flexibility index (Phi) is 5.08. The first kappa shape index (κ1) is 27.6. The number of aromatic nitrogens is 9. The molecular formula is C41H29N9. The van der Waals surface area contributed by atoms with Gasteiger partial charge < -0.3 is 0 Å². The van der Waals surface area contributed by atoms with Crippen LogP contribution in [0.1, 0.15) is 49.9 Å². The topological polar surface area (TPSA) is 100 Å². The Labute approximate surface area is 286 Å². The molecule has 0 saturated carbocycles. The molecule has 5 heterocycles. The van der Waals surface area contributed by atoms with Crippen molar-refractivity contribution in [3.63, 3.8) is 0 Å². The third-order valence-electron chi connectivity index (χ3n) is 11.2. The molecule has 0 spiro atoms. The van der Waals surface area contributed by atoms with Gasteiger partial charge in [0, 0.05) is 21.6 Å². The summed E-state index contributed by atoms with van der Waals surface area (Å²) in [6.07, 6.45) is 8.53. The lowest BCUT2D eigenvalue weighted by Crippen LogP contribution is -2.15. The molecule has 0 aliphatic heterocycles. The summed E-state index contributed by atoms with van der Waals surface area (Å²) >= 11 is 0. The molecular weight excluding hydrogens is 619 g/mol. The van der Waals surface area contributed by atoms with Gasteiger partial charge in [-0.25, -0.2) is 29.9 Å². The number of rotatable bonds is 2. The average Bonchev–Trinajstić information content (AvgIpc) is 3.80. The Balaban J connectivity index is 1.18. The summed E-state index contributed by atoms with van der Waals surface area (Å²) in [7, 11) is 0. The Morgan fingerprint density at radius 1 is 0.460 bits per heavy atom. The van der Waals surface area contributed by atoms with Crippen LogP contribution in [-0.2, 0) is 10.8 Å². The van der Waals surface area contributed by atoms with Crippen LogP contribution < -0.4 is 0 Å². The second-order valence-electron chi connectivity index (χ2n) is 14.4. The lowest BCUT2D eigenvalue weighted by atomic mass is 9.81. The van der Waals surface area contributed by atoms with Crippen LogP contribution >= 0.6 is 0 Å². The zero-order valence-electron chi connectivity index (χ0n) is 27.8. The maximum atomic E-state index is 5.19. The largest absolute Gasteiger partial charge is 0.275 e. The summed E-state index contributed by atoms with van der Waals surface area (Å²) in [5.74, 6) is 0.970. The zero-order valence-corrected chi connectivity index (χ0v) is 27.8. The normalized spacial score (nSPS) is 15.1. The van der Waals surface area contributed by atoms with Gasteiger partial charge in [-0.1, -0.05) is 88.4 Å². The Hall–Kier alpha value is -6.35. The minimum absolute atomic E-state index is 0.226. The van der Waals surface area contributed by atoms with Crippen molar-refractivity contribution in [2.75, 3.05) is 0 Å². The van der Waals surface area contributed by atoms with E-state index in [2.05, 4.69) is 120 Å². The number of fused-ring (bicyclic) bond motifs is 14. The third kappa shape index (κ3) is 3.24. The van der Waals surface area contributed by atoms with Crippen molar-refractivity contribution in [3.05, 3.63) is 126 Å². The predicted molar refractivity (Wildman–Crippen MR) is 195 cm³/mol. The van der Waals surface area contributed by atoms with E-state index in [-0.39, 0.29) is 10.8 Å². The molecule has 0 radical (unpaired) electrons. The van der Waals surface area contributed by atoms with Gasteiger partial charge >= 0.3 is 0 Å². The smallest absolute Gasteiger partial charge is 0.239 e. The highest BCUT2D eigenvalue weighted by Gasteiger charge is 2.40. The van der Waals surface area contributed by atoms with Gasteiger partial charge in [-0.2, -0.15) is 4.98 Å². The van der Waals surface area contributed by atoms with Gasteiger partial charge in [0.15, 0.2) is 0 Å². The van der Waals surface area contributed by atoms with Crippen molar-refractivity contribution in [1.29, 1.82) is 0 Å². The fourth-order valence-electron chi connectivity index (χ4n) is 9.12. The second-order valence-corrected chi connectivity index (χ2v) is 14.4. The van der Waals surface area contributed by atoms with E-state index in [9.17, 15) is 0 Å². The molecule has 2 aliphatic rings. The van der Waals surface area contributed by atoms with Gasteiger partial charge in [-0.05, 0) is 56.6 Å². The monoisotopic (exact) mass is 647 g/mol. The predicted octanol–water partition coefficient (Wildman–Crippen LogP) is 8.26.